The van der Waals surface area contributed by atoms with Gasteiger partial charge in [0, 0.05) is 24.0 Å². The van der Waals surface area contributed by atoms with E-state index in [4.69, 9.17) is 5.73 Å². The van der Waals surface area contributed by atoms with E-state index in [2.05, 4.69) is 28.5 Å². The molecule has 0 saturated heterocycles. The maximum atomic E-state index is 5.69. The SMILES string of the molecule is Nc1ccc(-c2ccnc3c2CCN3)cc1. The zero-order valence-corrected chi connectivity index (χ0v) is 8.90. The van der Waals surface area contributed by atoms with Crippen LogP contribution in [0.5, 0.6) is 0 Å². The first kappa shape index (κ1) is 9.21. The number of nitrogens with zero attached hydrogens (tertiary/aromatic N) is 1. The Balaban J connectivity index is 2.13. The van der Waals surface area contributed by atoms with Gasteiger partial charge in [-0.05, 0) is 35.7 Å². The van der Waals surface area contributed by atoms with Crippen molar-refractivity contribution >= 4 is 11.5 Å². The third-order valence-electron chi connectivity index (χ3n) is 2.94. The number of nitrogens with one attached hydrogen (secondary N) is 1. The summed E-state index contributed by atoms with van der Waals surface area (Å²) in [5.74, 6) is 1.02. The summed E-state index contributed by atoms with van der Waals surface area (Å²) in [5.41, 5.74) is 10.3. The summed E-state index contributed by atoms with van der Waals surface area (Å²) >= 11 is 0. The Hall–Kier alpha value is -2.03. The van der Waals surface area contributed by atoms with E-state index in [-0.39, 0.29) is 0 Å². The van der Waals surface area contributed by atoms with Crippen LogP contribution in [0.25, 0.3) is 11.1 Å². The number of hydrogen-bond donors (Lipinski definition) is 2. The number of nitrogen functional groups attached to an aromatic ring is 1. The molecule has 80 valence electrons. The number of benzene rings is 1. The van der Waals surface area contributed by atoms with Crippen LogP contribution in [0.3, 0.4) is 0 Å². The van der Waals surface area contributed by atoms with Crippen molar-refractivity contribution in [3.63, 3.8) is 0 Å². The van der Waals surface area contributed by atoms with Crippen LogP contribution in [-0.2, 0) is 6.42 Å². The normalized spacial score (nSPS) is 13.2. The van der Waals surface area contributed by atoms with Gasteiger partial charge in [0.1, 0.15) is 5.82 Å². The van der Waals surface area contributed by atoms with E-state index < -0.39 is 0 Å². The van der Waals surface area contributed by atoms with Gasteiger partial charge in [0.2, 0.25) is 0 Å². The second-order valence-electron chi connectivity index (χ2n) is 3.98. The van der Waals surface area contributed by atoms with Gasteiger partial charge >= 0.3 is 0 Å². The molecule has 2 aromatic rings. The maximum absolute atomic E-state index is 5.69. The van der Waals surface area contributed by atoms with Gasteiger partial charge in [-0.2, -0.15) is 0 Å². The van der Waals surface area contributed by atoms with Crippen molar-refractivity contribution < 1.29 is 0 Å². The second kappa shape index (κ2) is 3.52. The van der Waals surface area contributed by atoms with Crippen LogP contribution in [0, 0.1) is 0 Å². The Bertz CT molecular complexity index is 517. The van der Waals surface area contributed by atoms with Crippen molar-refractivity contribution in [1.82, 2.24) is 4.98 Å². The molecule has 0 unspecified atom stereocenters. The zero-order chi connectivity index (χ0) is 11.0. The smallest absolute Gasteiger partial charge is 0.129 e. The molecule has 2 heterocycles. The highest BCUT2D eigenvalue weighted by Crippen LogP contribution is 2.31. The highest BCUT2D eigenvalue weighted by molar-refractivity contribution is 5.74. The number of aromatic nitrogens is 1. The molecule has 0 aliphatic carbocycles. The lowest BCUT2D eigenvalue weighted by Gasteiger charge is -2.07. The van der Waals surface area contributed by atoms with E-state index in [0.29, 0.717) is 0 Å². The molecular weight excluding hydrogens is 198 g/mol. The fourth-order valence-electron chi connectivity index (χ4n) is 2.14. The molecule has 0 saturated carbocycles. The predicted molar refractivity (Wildman–Crippen MR) is 66.3 cm³/mol. The summed E-state index contributed by atoms with van der Waals surface area (Å²) in [4.78, 5) is 4.33. The summed E-state index contributed by atoms with van der Waals surface area (Å²) in [6, 6.07) is 10.1. The van der Waals surface area contributed by atoms with Crippen molar-refractivity contribution in [2.24, 2.45) is 0 Å². The Morgan fingerprint density at radius 3 is 2.75 bits per heavy atom. The van der Waals surface area contributed by atoms with Gasteiger partial charge in [-0.25, -0.2) is 4.98 Å². The lowest BCUT2D eigenvalue weighted by Crippen LogP contribution is -1.92. The largest absolute Gasteiger partial charge is 0.399 e. The molecule has 1 aromatic heterocycles. The Morgan fingerprint density at radius 1 is 1.12 bits per heavy atom. The third-order valence-corrected chi connectivity index (χ3v) is 2.94. The minimum absolute atomic E-state index is 0.799. The van der Waals surface area contributed by atoms with Crippen LogP contribution in [0.1, 0.15) is 5.56 Å². The molecular formula is C13H13N3. The minimum atomic E-state index is 0.799. The standard InChI is InChI=1S/C13H13N3/c14-10-3-1-9(2-4-10)11-5-7-15-13-12(11)6-8-16-13/h1-5,7H,6,8,14H2,(H,15,16). The molecule has 0 atom stereocenters. The molecule has 0 bridgehead atoms. The van der Waals surface area contributed by atoms with Gasteiger partial charge in [0.25, 0.3) is 0 Å². The van der Waals surface area contributed by atoms with Crippen LogP contribution < -0.4 is 11.1 Å². The second-order valence-corrected chi connectivity index (χ2v) is 3.98. The molecule has 3 nitrogen and oxygen atoms in total. The van der Waals surface area contributed by atoms with Crippen molar-refractivity contribution in [3.8, 4) is 11.1 Å². The van der Waals surface area contributed by atoms with Crippen molar-refractivity contribution in [1.29, 1.82) is 0 Å². The van der Waals surface area contributed by atoms with Gasteiger partial charge in [-0.3, -0.25) is 0 Å². The number of anilines is 2. The third kappa shape index (κ3) is 1.41. The van der Waals surface area contributed by atoms with Crippen molar-refractivity contribution in [3.05, 3.63) is 42.1 Å². The average Bonchev–Trinajstić information content (AvgIpc) is 2.78. The minimum Gasteiger partial charge on any atom is -0.399 e. The van der Waals surface area contributed by atoms with Crippen LogP contribution in [0.15, 0.2) is 36.5 Å². The number of rotatable bonds is 1. The van der Waals surface area contributed by atoms with Gasteiger partial charge in [-0.15, -0.1) is 0 Å². The van der Waals surface area contributed by atoms with Crippen LogP contribution in [0.2, 0.25) is 0 Å². The first-order valence-corrected chi connectivity index (χ1v) is 5.42. The van der Waals surface area contributed by atoms with E-state index in [9.17, 15) is 0 Å². The lowest BCUT2D eigenvalue weighted by molar-refractivity contribution is 1.11. The summed E-state index contributed by atoms with van der Waals surface area (Å²) in [6.45, 7) is 0.980. The molecule has 0 radical (unpaired) electrons. The highest BCUT2D eigenvalue weighted by Gasteiger charge is 2.15. The lowest BCUT2D eigenvalue weighted by atomic mass is 10.0. The predicted octanol–water partition coefficient (Wildman–Crippen LogP) is 2.30. The van der Waals surface area contributed by atoms with E-state index in [1.165, 1.54) is 16.7 Å². The number of nitrogens with two attached hydrogens (primary N) is 1. The summed E-state index contributed by atoms with van der Waals surface area (Å²) in [5, 5.41) is 3.29. The van der Waals surface area contributed by atoms with E-state index >= 15 is 0 Å². The summed E-state index contributed by atoms with van der Waals surface area (Å²) in [6.07, 6.45) is 2.89. The Kier molecular flexibility index (Phi) is 2.03. The fourth-order valence-corrected chi connectivity index (χ4v) is 2.14. The molecule has 1 aliphatic rings. The van der Waals surface area contributed by atoms with Crippen LogP contribution >= 0.6 is 0 Å². The average molecular weight is 211 g/mol. The molecule has 3 rings (SSSR count). The van der Waals surface area contributed by atoms with E-state index in [1.54, 1.807) is 0 Å². The molecule has 0 fully saturated rings. The maximum Gasteiger partial charge on any atom is 0.129 e. The Morgan fingerprint density at radius 2 is 1.94 bits per heavy atom. The molecule has 16 heavy (non-hydrogen) atoms. The molecule has 1 aliphatic heterocycles. The van der Waals surface area contributed by atoms with Crippen LogP contribution in [0.4, 0.5) is 11.5 Å². The zero-order valence-electron chi connectivity index (χ0n) is 8.90. The topological polar surface area (TPSA) is 50.9 Å². The quantitative estimate of drug-likeness (QED) is 0.711. The first-order valence-electron chi connectivity index (χ1n) is 5.42. The molecule has 3 heteroatoms. The van der Waals surface area contributed by atoms with Gasteiger partial charge in [0.15, 0.2) is 0 Å². The highest BCUT2D eigenvalue weighted by atomic mass is 15.0. The van der Waals surface area contributed by atoms with E-state index in [0.717, 1.165) is 24.5 Å². The first-order chi connectivity index (χ1) is 7.84. The molecule has 0 amide bonds. The monoisotopic (exact) mass is 211 g/mol. The van der Waals surface area contributed by atoms with E-state index in [1.807, 2.05) is 18.3 Å². The van der Waals surface area contributed by atoms with Gasteiger partial charge < -0.3 is 11.1 Å². The van der Waals surface area contributed by atoms with Crippen molar-refractivity contribution in [2.75, 3.05) is 17.6 Å². The number of pyridine rings is 1. The number of fused-ring (bicyclic) bond motifs is 1. The molecule has 0 spiro atoms. The Labute approximate surface area is 94.3 Å². The summed E-state index contributed by atoms with van der Waals surface area (Å²) in [7, 11) is 0. The molecule has 3 N–H and O–H groups in total. The summed E-state index contributed by atoms with van der Waals surface area (Å²) < 4.78 is 0. The number of hydrogen-bond acceptors (Lipinski definition) is 3. The van der Waals surface area contributed by atoms with Gasteiger partial charge in [-0.1, -0.05) is 12.1 Å². The van der Waals surface area contributed by atoms with Crippen molar-refractivity contribution in [2.45, 2.75) is 6.42 Å². The fraction of sp³-hybridized carbons (Fsp3) is 0.154. The van der Waals surface area contributed by atoms with Crippen LogP contribution in [-0.4, -0.2) is 11.5 Å². The molecule has 1 aromatic carbocycles. The van der Waals surface area contributed by atoms with Gasteiger partial charge in [0.05, 0.1) is 0 Å².